The number of carbonyl (C=O) groups is 2. The Morgan fingerprint density at radius 3 is 2.58 bits per heavy atom. The van der Waals surface area contributed by atoms with E-state index in [0.717, 1.165) is 4.68 Å². The first-order chi connectivity index (χ1) is 11.6. The average molecular weight is 333 g/mol. The minimum Gasteiger partial charge on any atom is -0.466 e. The predicted molar refractivity (Wildman–Crippen MR) is 85.2 cm³/mol. The van der Waals surface area contributed by atoms with E-state index >= 15 is 0 Å². The highest BCUT2D eigenvalue weighted by molar-refractivity contribution is 5.80. The lowest BCUT2D eigenvalue weighted by Gasteiger charge is -2.15. The third kappa shape index (κ3) is 4.15. The van der Waals surface area contributed by atoms with Gasteiger partial charge in [-0.15, -0.1) is 5.10 Å². The van der Waals surface area contributed by atoms with Gasteiger partial charge in [-0.1, -0.05) is 17.3 Å². The van der Waals surface area contributed by atoms with Crippen LogP contribution in [-0.4, -0.2) is 40.1 Å². The Bertz CT molecular complexity index is 787. The molecular formula is C16H19N3O5. The molecule has 1 aromatic carbocycles. The third-order valence-corrected chi connectivity index (χ3v) is 3.36. The molecule has 2 rings (SSSR count). The van der Waals surface area contributed by atoms with Crippen molar-refractivity contribution in [2.75, 3.05) is 13.2 Å². The first-order valence-electron chi connectivity index (χ1n) is 7.71. The van der Waals surface area contributed by atoms with Crippen molar-refractivity contribution < 1.29 is 19.1 Å². The van der Waals surface area contributed by atoms with Crippen molar-refractivity contribution in [2.45, 2.75) is 26.8 Å². The summed E-state index contributed by atoms with van der Waals surface area (Å²) in [6.07, 6.45) is -0.187. The third-order valence-electron chi connectivity index (χ3n) is 3.36. The summed E-state index contributed by atoms with van der Waals surface area (Å²) in [7, 11) is 0. The van der Waals surface area contributed by atoms with Gasteiger partial charge in [-0.3, -0.25) is 14.4 Å². The Kier molecular flexibility index (Phi) is 6.00. The van der Waals surface area contributed by atoms with Gasteiger partial charge in [-0.2, -0.15) is 0 Å². The molecule has 24 heavy (non-hydrogen) atoms. The van der Waals surface area contributed by atoms with E-state index in [0.29, 0.717) is 10.9 Å². The highest BCUT2D eigenvalue weighted by Crippen LogP contribution is 2.11. The standard InChI is InChI=1S/C16H19N3O5/c1-3-23-14(20)9-11(16(22)24-4-2)10-19-15(21)12-7-5-6-8-13(12)17-18-19/h5-8,11H,3-4,9-10H2,1-2H3. The normalized spacial score (nSPS) is 11.9. The second-order valence-electron chi connectivity index (χ2n) is 5.05. The zero-order valence-electron chi connectivity index (χ0n) is 13.6. The molecule has 0 aliphatic carbocycles. The predicted octanol–water partition coefficient (Wildman–Crippen LogP) is 0.924. The monoisotopic (exact) mass is 333 g/mol. The Balaban J connectivity index is 2.28. The van der Waals surface area contributed by atoms with Crippen LogP contribution in [-0.2, 0) is 25.6 Å². The topological polar surface area (TPSA) is 100 Å². The molecule has 1 heterocycles. The van der Waals surface area contributed by atoms with Crippen molar-refractivity contribution in [1.29, 1.82) is 0 Å². The molecule has 0 N–H and O–H groups in total. The highest BCUT2D eigenvalue weighted by Gasteiger charge is 2.26. The zero-order chi connectivity index (χ0) is 17.5. The zero-order valence-corrected chi connectivity index (χ0v) is 13.6. The molecule has 2 aromatic rings. The number of esters is 2. The van der Waals surface area contributed by atoms with E-state index in [4.69, 9.17) is 9.47 Å². The van der Waals surface area contributed by atoms with E-state index in [2.05, 4.69) is 10.3 Å². The van der Waals surface area contributed by atoms with Crippen LogP contribution < -0.4 is 5.56 Å². The van der Waals surface area contributed by atoms with Crippen molar-refractivity contribution in [3.63, 3.8) is 0 Å². The van der Waals surface area contributed by atoms with E-state index < -0.39 is 17.9 Å². The maximum absolute atomic E-state index is 12.4. The summed E-state index contributed by atoms with van der Waals surface area (Å²) in [4.78, 5) is 36.2. The minimum atomic E-state index is -0.864. The summed E-state index contributed by atoms with van der Waals surface area (Å²) in [5.41, 5.74) is 0.0931. The molecule has 1 unspecified atom stereocenters. The number of hydrogen-bond donors (Lipinski definition) is 0. The lowest BCUT2D eigenvalue weighted by molar-refractivity contribution is -0.155. The van der Waals surface area contributed by atoms with E-state index in [1.165, 1.54) is 0 Å². The highest BCUT2D eigenvalue weighted by atomic mass is 16.5. The van der Waals surface area contributed by atoms with E-state index in [-0.39, 0.29) is 31.7 Å². The van der Waals surface area contributed by atoms with Gasteiger partial charge in [0.05, 0.1) is 37.5 Å². The van der Waals surface area contributed by atoms with Crippen LogP contribution in [0.5, 0.6) is 0 Å². The van der Waals surface area contributed by atoms with Gasteiger partial charge in [0.15, 0.2) is 0 Å². The van der Waals surface area contributed by atoms with Crippen LogP contribution in [0.1, 0.15) is 20.3 Å². The maximum Gasteiger partial charge on any atom is 0.311 e. The Morgan fingerprint density at radius 1 is 1.17 bits per heavy atom. The van der Waals surface area contributed by atoms with Crippen LogP contribution in [0.3, 0.4) is 0 Å². The summed E-state index contributed by atoms with van der Waals surface area (Å²) in [5.74, 6) is -1.97. The second-order valence-corrected chi connectivity index (χ2v) is 5.05. The molecule has 0 amide bonds. The molecule has 128 valence electrons. The molecular weight excluding hydrogens is 314 g/mol. The van der Waals surface area contributed by atoms with Gasteiger partial charge in [-0.05, 0) is 26.0 Å². The molecule has 0 saturated carbocycles. The van der Waals surface area contributed by atoms with E-state index in [1.807, 2.05) is 0 Å². The summed E-state index contributed by atoms with van der Waals surface area (Å²) in [6.45, 7) is 3.63. The minimum absolute atomic E-state index is 0.103. The largest absolute Gasteiger partial charge is 0.466 e. The Hall–Kier alpha value is -2.77. The van der Waals surface area contributed by atoms with Crippen LogP contribution in [0.15, 0.2) is 29.1 Å². The first-order valence-corrected chi connectivity index (χ1v) is 7.71. The molecule has 0 aliphatic rings. The van der Waals surface area contributed by atoms with Crippen LogP contribution in [0.25, 0.3) is 10.9 Å². The Labute approximate surface area is 138 Å². The van der Waals surface area contributed by atoms with Gasteiger partial charge in [0, 0.05) is 0 Å². The summed E-state index contributed by atoms with van der Waals surface area (Å²) >= 11 is 0. The fourth-order valence-corrected chi connectivity index (χ4v) is 2.26. The molecule has 0 spiro atoms. The number of aromatic nitrogens is 3. The first kappa shape index (κ1) is 17.6. The number of benzene rings is 1. The van der Waals surface area contributed by atoms with E-state index in [1.54, 1.807) is 38.1 Å². The number of ether oxygens (including phenoxy) is 2. The number of rotatable bonds is 7. The summed E-state index contributed by atoms with van der Waals surface area (Å²) in [5, 5.41) is 8.19. The van der Waals surface area contributed by atoms with Gasteiger partial charge < -0.3 is 9.47 Å². The fraction of sp³-hybridized carbons (Fsp3) is 0.438. The number of nitrogens with zero attached hydrogens (tertiary/aromatic N) is 3. The molecule has 8 heteroatoms. The quantitative estimate of drug-likeness (QED) is 0.695. The molecule has 1 aromatic heterocycles. The van der Waals surface area contributed by atoms with Crippen molar-refractivity contribution in [3.8, 4) is 0 Å². The molecule has 0 radical (unpaired) electrons. The van der Waals surface area contributed by atoms with Gasteiger partial charge in [0.1, 0.15) is 5.52 Å². The second kappa shape index (κ2) is 8.19. The van der Waals surface area contributed by atoms with Gasteiger partial charge >= 0.3 is 11.9 Å². The maximum atomic E-state index is 12.4. The number of carbonyl (C=O) groups excluding carboxylic acids is 2. The van der Waals surface area contributed by atoms with Crippen molar-refractivity contribution in [1.82, 2.24) is 15.0 Å². The number of hydrogen-bond acceptors (Lipinski definition) is 7. The number of fused-ring (bicyclic) bond motifs is 1. The molecule has 0 fully saturated rings. The summed E-state index contributed by atoms with van der Waals surface area (Å²) in [6, 6.07) is 6.78. The van der Waals surface area contributed by atoms with E-state index in [9.17, 15) is 14.4 Å². The fourth-order valence-electron chi connectivity index (χ4n) is 2.26. The lowest BCUT2D eigenvalue weighted by atomic mass is 10.1. The van der Waals surface area contributed by atoms with Crippen LogP contribution in [0, 0.1) is 5.92 Å². The van der Waals surface area contributed by atoms with Gasteiger partial charge in [0.2, 0.25) is 0 Å². The molecule has 0 saturated heterocycles. The summed E-state index contributed by atoms with van der Waals surface area (Å²) < 4.78 is 10.9. The molecule has 0 aliphatic heterocycles. The SMILES string of the molecule is CCOC(=O)CC(Cn1nnc2ccccc2c1=O)C(=O)OCC. The van der Waals surface area contributed by atoms with Crippen molar-refractivity contribution in [2.24, 2.45) is 5.92 Å². The molecule has 1 atom stereocenters. The van der Waals surface area contributed by atoms with Crippen LogP contribution in [0.4, 0.5) is 0 Å². The van der Waals surface area contributed by atoms with Crippen molar-refractivity contribution >= 4 is 22.8 Å². The van der Waals surface area contributed by atoms with Gasteiger partial charge in [0.25, 0.3) is 5.56 Å². The molecule has 0 bridgehead atoms. The van der Waals surface area contributed by atoms with Crippen molar-refractivity contribution in [3.05, 3.63) is 34.6 Å². The molecule has 8 nitrogen and oxygen atoms in total. The smallest absolute Gasteiger partial charge is 0.311 e. The van der Waals surface area contributed by atoms with Gasteiger partial charge in [-0.25, -0.2) is 4.68 Å². The average Bonchev–Trinajstić information content (AvgIpc) is 2.57. The van der Waals surface area contributed by atoms with Crippen LogP contribution in [0.2, 0.25) is 0 Å². The van der Waals surface area contributed by atoms with Crippen LogP contribution >= 0.6 is 0 Å². The lowest BCUT2D eigenvalue weighted by Crippen LogP contribution is -2.33. The Morgan fingerprint density at radius 2 is 1.88 bits per heavy atom.